The Kier molecular flexibility index (Phi) is 22.4. The minimum absolute atomic E-state index is 0.00108. The van der Waals surface area contributed by atoms with Crippen molar-refractivity contribution in [3.63, 3.8) is 0 Å². The molecule has 0 aromatic heterocycles. The first-order valence-electron chi connectivity index (χ1n) is 37.7. The molecule has 100 heavy (non-hydrogen) atoms. The molecule has 0 radical (unpaired) electrons. The van der Waals surface area contributed by atoms with Crippen LogP contribution in [-0.2, 0) is 43.0 Å². The van der Waals surface area contributed by atoms with Crippen LogP contribution in [0.1, 0.15) is 224 Å². The molecule has 20 unspecified atom stereocenters. The first-order chi connectivity index (χ1) is 46.6. The van der Waals surface area contributed by atoms with E-state index in [1.807, 2.05) is 20.8 Å². The van der Waals surface area contributed by atoms with Crippen LogP contribution in [0.15, 0.2) is 0 Å². The topological polar surface area (TPSA) is 313 Å². The lowest BCUT2D eigenvalue weighted by Gasteiger charge is -2.62. The second kappa shape index (κ2) is 29.4. The highest BCUT2D eigenvalue weighted by Gasteiger charge is 2.64. The number of carbonyl (C=O) groups is 12. The monoisotopic (exact) mass is 1400 g/mol. The second-order valence-corrected chi connectivity index (χ2v) is 35.9. The zero-order valence-corrected chi connectivity index (χ0v) is 62.1. The number of hydrogen-bond acceptors (Lipinski definition) is 15. The molecule has 14 fully saturated rings. The molecule has 14 aliphatic rings. The van der Waals surface area contributed by atoms with Crippen LogP contribution in [0, 0.1) is 107 Å². The van der Waals surface area contributed by atoms with Gasteiger partial charge in [0.2, 0.25) is 17.7 Å². The molecule has 558 valence electrons. The SMILES string of the molecule is CC(=O)C1C2CC3CC(C2)C(N(C(=O)OC(C)(C)C)C(=O)C2C4CC5CC(C4)C(N(C)C(=O)O)C2C5)C1C3.CC(=O)C1CC2CC1C(N(C(=O)OC(C)(C)C)C(=O)C1CC3CC1C(N(C)C(=O)O)C3)C2.CC(=O)C1CCC(N(C(=O)OC(C)(C)C)C(=O)C2CCC(N(C)C(=O)O)CC2)CC1. The molecular weight excluding hydrogens is 1280 g/mol. The highest BCUT2D eigenvalue weighted by molar-refractivity contribution is 5.96. The molecule has 12 bridgehead atoms. The van der Waals surface area contributed by atoms with Crippen molar-refractivity contribution in [1.82, 2.24) is 29.4 Å². The van der Waals surface area contributed by atoms with E-state index in [2.05, 4.69) is 0 Å². The summed E-state index contributed by atoms with van der Waals surface area (Å²) < 4.78 is 17.1. The summed E-state index contributed by atoms with van der Waals surface area (Å²) in [6, 6.07) is -1.40. The molecule has 0 heterocycles. The molecule has 0 saturated heterocycles. The molecule has 0 spiro atoms. The standard InChI is InChI=1S/C30H44N2O6.C24H36N2O6.C22H36N2O6/c1-14(33)23-17-6-15-9-20(12-17)26(21(23)10-15)32(29(37)38-30(2,3)4)27(34)24-18-7-16-8-19(13-18)25(22(24)11-16)31(5)28(35)36;1-12(27)15-6-13-7-16(15)20(11-13)26(23(31)32-24(2,3)4)21(28)18-9-14-8-17(18)19(10-14)25(5)22(29)30;1-14(25)15-6-12-18(13-7-15)24(21(29)30-22(2,3)4)19(26)16-8-10-17(11-9-16)23(5)20(27)28/h15-26H,6-13H2,1-5H3,(H,35,36);13-20H,6-11H2,1-5H3,(H,29,30);15-18H,6-13H2,1-5H3,(H,27,28). The van der Waals surface area contributed by atoms with Crippen LogP contribution in [0.2, 0.25) is 0 Å². The second-order valence-electron chi connectivity index (χ2n) is 35.9. The van der Waals surface area contributed by atoms with E-state index in [0.29, 0.717) is 87.4 Å². The Labute approximate surface area is 590 Å². The van der Waals surface area contributed by atoms with Gasteiger partial charge in [0.05, 0.1) is 0 Å². The average molecular weight is 1400 g/mol. The minimum Gasteiger partial charge on any atom is -0.465 e. The molecule has 24 heteroatoms. The summed E-state index contributed by atoms with van der Waals surface area (Å²) in [7, 11) is 4.75. The largest absolute Gasteiger partial charge is 0.465 e. The Bertz CT molecular complexity index is 3160. The zero-order valence-electron chi connectivity index (χ0n) is 62.1. The molecule has 0 aromatic rings. The van der Waals surface area contributed by atoms with Crippen LogP contribution in [0.4, 0.5) is 28.8 Å². The quantitative estimate of drug-likeness (QED) is 0.153. The predicted molar refractivity (Wildman–Crippen MR) is 366 cm³/mol. The van der Waals surface area contributed by atoms with Gasteiger partial charge in [0, 0.05) is 92.9 Å². The number of ether oxygens (including phenoxy) is 3. The van der Waals surface area contributed by atoms with Crippen molar-refractivity contribution in [2.75, 3.05) is 21.1 Å². The summed E-state index contributed by atoms with van der Waals surface area (Å²) in [6.45, 7) is 21.0. The van der Waals surface area contributed by atoms with Gasteiger partial charge in [-0.1, -0.05) is 0 Å². The van der Waals surface area contributed by atoms with Gasteiger partial charge in [-0.25, -0.2) is 43.5 Å². The fourth-order valence-corrected chi connectivity index (χ4v) is 22.4. The van der Waals surface area contributed by atoms with Crippen LogP contribution in [0.3, 0.4) is 0 Å². The Morgan fingerprint density at radius 3 is 1.20 bits per heavy atom. The van der Waals surface area contributed by atoms with E-state index in [-0.39, 0.29) is 148 Å². The van der Waals surface area contributed by atoms with Crippen molar-refractivity contribution in [3.8, 4) is 0 Å². The van der Waals surface area contributed by atoms with E-state index in [1.54, 1.807) is 83.5 Å². The smallest absolute Gasteiger partial charge is 0.417 e. The summed E-state index contributed by atoms with van der Waals surface area (Å²) in [5.74, 6) is 1.12. The number of rotatable bonds is 12. The van der Waals surface area contributed by atoms with Crippen LogP contribution in [-0.4, -0.2) is 191 Å². The molecule has 9 amide bonds. The van der Waals surface area contributed by atoms with Crippen molar-refractivity contribution in [1.29, 1.82) is 0 Å². The highest BCUT2D eigenvalue weighted by Crippen LogP contribution is 2.62. The molecule has 14 saturated carbocycles. The van der Waals surface area contributed by atoms with Crippen molar-refractivity contribution in [2.24, 2.45) is 107 Å². The van der Waals surface area contributed by atoms with Gasteiger partial charge >= 0.3 is 36.6 Å². The Morgan fingerprint density at radius 1 is 0.330 bits per heavy atom. The van der Waals surface area contributed by atoms with Crippen LogP contribution in [0.5, 0.6) is 0 Å². The van der Waals surface area contributed by atoms with Crippen LogP contribution >= 0.6 is 0 Å². The molecule has 3 N–H and O–H groups in total. The van der Waals surface area contributed by atoms with E-state index in [4.69, 9.17) is 14.2 Å². The predicted octanol–water partition coefficient (Wildman–Crippen LogP) is 12.9. The number of imide groups is 3. The number of nitrogens with zero attached hydrogens (tertiary/aromatic N) is 6. The Balaban J connectivity index is 0.000000164. The number of hydrogen-bond donors (Lipinski definition) is 3. The molecular formula is C76H116N6O18. The fourth-order valence-electron chi connectivity index (χ4n) is 22.4. The number of Topliss-reactive ketones (excluding diaryl/α,β-unsaturated/α-hetero) is 3. The van der Waals surface area contributed by atoms with Gasteiger partial charge in [0.15, 0.2) is 0 Å². The van der Waals surface area contributed by atoms with Gasteiger partial charge in [-0.15, -0.1) is 0 Å². The molecule has 0 aromatic carbocycles. The first-order valence-corrected chi connectivity index (χ1v) is 37.7. The molecule has 14 aliphatic carbocycles. The minimum atomic E-state index is -0.991. The average Bonchev–Trinajstić information content (AvgIpc) is 1.11. The van der Waals surface area contributed by atoms with Gasteiger partial charge in [-0.3, -0.25) is 28.8 Å². The van der Waals surface area contributed by atoms with E-state index in [9.17, 15) is 72.9 Å². The lowest BCUT2D eigenvalue weighted by Crippen LogP contribution is -2.67. The third kappa shape index (κ3) is 16.0. The highest BCUT2D eigenvalue weighted by atomic mass is 16.6. The molecule has 20 atom stereocenters. The van der Waals surface area contributed by atoms with Gasteiger partial charge in [-0.2, -0.15) is 0 Å². The lowest BCUT2D eigenvalue weighted by molar-refractivity contribution is -0.170. The number of amides is 9. The summed E-state index contributed by atoms with van der Waals surface area (Å²) in [4.78, 5) is 162. The summed E-state index contributed by atoms with van der Waals surface area (Å²) >= 11 is 0. The summed E-state index contributed by atoms with van der Waals surface area (Å²) in [6.07, 6.45) is 12.3. The van der Waals surface area contributed by atoms with Gasteiger partial charge < -0.3 is 44.2 Å². The molecule has 0 aliphatic heterocycles. The van der Waals surface area contributed by atoms with Crippen LogP contribution < -0.4 is 0 Å². The Morgan fingerprint density at radius 2 is 0.730 bits per heavy atom. The molecule has 24 nitrogen and oxygen atoms in total. The third-order valence-corrected chi connectivity index (χ3v) is 26.1. The number of carbonyl (C=O) groups excluding carboxylic acids is 9. The van der Waals surface area contributed by atoms with Gasteiger partial charge in [0.25, 0.3) is 0 Å². The van der Waals surface area contributed by atoms with Crippen molar-refractivity contribution in [3.05, 3.63) is 0 Å². The van der Waals surface area contributed by atoms with Crippen molar-refractivity contribution >= 4 is 71.6 Å². The summed E-state index contributed by atoms with van der Waals surface area (Å²) in [5, 5.41) is 28.5. The van der Waals surface area contributed by atoms with E-state index in [1.165, 1.54) is 29.4 Å². The lowest BCUT2D eigenvalue weighted by atomic mass is 9.48. The normalized spacial score (nSPS) is 36.9. The van der Waals surface area contributed by atoms with Crippen LogP contribution in [0.25, 0.3) is 0 Å². The maximum absolute atomic E-state index is 14.8. The Hall–Kier alpha value is -6.36. The first kappa shape index (κ1) is 76.3. The molecule has 14 rings (SSSR count). The van der Waals surface area contributed by atoms with Gasteiger partial charge in [0.1, 0.15) is 34.2 Å². The number of ketones is 3. The van der Waals surface area contributed by atoms with Crippen molar-refractivity contribution in [2.45, 2.75) is 277 Å². The van der Waals surface area contributed by atoms with Crippen molar-refractivity contribution < 1.29 is 87.1 Å². The fraction of sp³-hybridized carbons (Fsp3) is 0.842. The third-order valence-electron chi connectivity index (χ3n) is 26.1. The van der Waals surface area contributed by atoms with E-state index >= 15 is 0 Å². The maximum atomic E-state index is 14.8. The maximum Gasteiger partial charge on any atom is 0.417 e. The number of carboxylic acid groups (broad SMARTS) is 3. The number of fused-ring (bicyclic) bond motifs is 4. The van der Waals surface area contributed by atoms with Gasteiger partial charge in [-0.05, 0) is 295 Å². The summed E-state index contributed by atoms with van der Waals surface area (Å²) in [5.41, 5.74) is -2.21. The van der Waals surface area contributed by atoms with E-state index in [0.717, 1.165) is 83.5 Å². The van der Waals surface area contributed by atoms with E-state index < -0.39 is 53.4 Å². The zero-order chi connectivity index (χ0) is 73.4.